The van der Waals surface area contributed by atoms with Gasteiger partial charge in [0.05, 0.1) is 12.7 Å². The summed E-state index contributed by atoms with van der Waals surface area (Å²) < 4.78 is 18.2. The Morgan fingerprint density at radius 3 is 2.53 bits per heavy atom. The van der Waals surface area contributed by atoms with Crippen LogP contribution in [-0.2, 0) is 0 Å². The topological polar surface area (TPSA) is 66.8 Å². The van der Waals surface area contributed by atoms with Gasteiger partial charge in [-0.2, -0.15) is 0 Å². The molecule has 0 bridgehead atoms. The van der Waals surface area contributed by atoms with Crippen LogP contribution in [0.2, 0.25) is 0 Å². The monoisotopic (exact) mass is 262 g/mol. The first-order valence-electron chi connectivity index (χ1n) is 5.42. The van der Waals surface area contributed by atoms with E-state index in [9.17, 15) is 14.3 Å². The second kappa shape index (κ2) is 4.97. The van der Waals surface area contributed by atoms with Gasteiger partial charge in [-0.1, -0.05) is 6.07 Å². The number of phenolic OH excluding ortho intramolecular Hbond substituents is 1. The van der Waals surface area contributed by atoms with E-state index in [1.54, 1.807) is 0 Å². The highest BCUT2D eigenvalue weighted by Crippen LogP contribution is 2.29. The first-order chi connectivity index (χ1) is 9.01. The van der Waals surface area contributed by atoms with Crippen LogP contribution in [0.5, 0.6) is 11.5 Å². The Balaban J connectivity index is 2.55. The van der Waals surface area contributed by atoms with E-state index in [1.807, 2.05) is 0 Å². The van der Waals surface area contributed by atoms with Crippen LogP contribution in [0.15, 0.2) is 36.4 Å². The normalized spacial score (nSPS) is 10.2. The van der Waals surface area contributed by atoms with Crippen LogP contribution in [0, 0.1) is 5.82 Å². The van der Waals surface area contributed by atoms with Gasteiger partial charge < -0.3 is 14.9 Å². The number of aromatic carboxylic acids is 1. The molecule has 0 amide bonds. The Morgan fingerprint density at radius 1 is 1.16 bits per heavy atom. The quantitative estimate of drug-likeness (QED) is 0.892. The van der Waals surface area contributed by atoms with Crippen molar-refractivity contribution >= 4 is 5.97 Å². The van der Waals surface area contributed by atoms with E-state index in [0.29, 0.717) is 11.1 Å². The van der Waals surface area contributed by atoms with Gasteiger partial charge in [-0.15, -0.1) is 0 Å². The predicted molar refractivity (Wildman–Crippen MR) is 67.0 cm³/mol. The number of halogens is 1. The molecule has 0 fully saturated rings. The van der Waals surface area contributed by atoms with Crippen molar-refractivity contribution in [3.8, 4) is 22.6 Å². The van der Waals surface area contributed by atoms with E-state index < -0.39 is 11.8 Å². The molecule has 5 heteroatoms. The van der Waals surface area contributed by atoms with Gasteiger partial charge in [0, 0.05) is 0 Å². The molecule has 0 radical (unpaired) electrons. The number of hydrogen-bond acceptors (Lipinski definition) is 3. The molecule has 0 unspecified atom stereocenters. The average molecular weight is 262 g/mol. The van der Waals surface area contributed by atoms with Crippen LogP contribution in [-0.4, -0.2) is 23.3 Å². The molecule has 0 atom stereocenters. The zero-order valence-electron chi connectivity index (χ0n) is 10.1. The molecule has 0 aliphatic rings. The fraction of sp³-hybridized carbons (Fsp3) is 0.0714. The number of carboxylic acid groups (broad SMARTS) is 1. The molecule has 0 saturated carbocycles. The fourth-order valence-electron chi connectivity index (χ4n) is 1.74. The molecule has 98 valence electrons. The lowest BCUT2D eigenvalue weighted by Crippen LogP contribution is -1.96. The van der Waals surface area contributed by atoms with Crippen LogP contribution in [0.25, 0.3) is 11.1 Å². The summed E-state index contributed by atoms with van der Waals surface area (Å²) in [5.74, 6) is -1.77. The second-order valence-electron chi connectivity index (χ2n) is 3.92. The Kier molecular flexibility index (Phi) is 3.37. The van der Waals surface area contributed by atoms with E-state index in [4.69, 9.17) is 9.84 Å². The maximum absolute atomic E-state index is 13.3. The molecule has 2 aromatic rings. The van der Waals surface area contributed by atoms with E-state index in [1.165, 1.54) is 37.4 Å². The largest absolute Gasteiger partial charge is 0.508 e. The summed E-state index contributed by atoms with van der Waals surface area (Å²) in [5, 5.41) is 18.4. The summed E-state index contributed by atoms with van der Waals surface area (Å²) in [6.45, 7) is 0. The lowest BCUT2D eigenvalue weighted by Gasteiger charge is -2.07. The number of benzene rings is 2. The standard InChI is InChI=1S/C14H11FO4/c1-19-13-7-8(2-3-12(13)15)9-4-10(14(17)18)6-11(16)5-9/h2-7,16H,1H3,(H,17,18). The molecule has 2 rings (SSSR count). The van der Waals surface area contributed by atoms with E-state index in [2.05, 4.69) is 0 Å². The van der Waals surface area contributed by atoms with Crippen LogP contribution in [0.1, 0.15) is 10.4 Å². The number of hydrogen-bond donors (Lipinski definition) is 2. The molecule has 0 aliphatic heterocycles. The molecular formula is C14H11FO4. The number of aromatic hydroxyl groups is 1. The van der Waals surface area contributed by atoms with Crippen molar-refractivity contribution in [2.45, 2.75) is 0 Å². The second-order valence-corrected chi connectivity index (χ2v) is 3.92. The van der Waals surface area contributed by atoms with Gasteiger partial charge in [0.25, 0.3) is 0 Å². The van der Waals surface area contributed by atoms with Crippen molar-refractivity contribution in [2.24, 2.45) is 0 Å². The minimum Gasteiger partial charge on any atom is -0.508 e. The Labute approximate surface area is 108 Å². The molecule has 4 nitrogen and oxygen atoms in total. The van der Waals surface area contributed by atoms with E-state index >= 15 is 0 Å². The van der Waals surface area contributed by atoms with Crippen molar-refractivity contribution in [2.75, 3.05) is 7.11 Å². The van der Waals surface area contributed by atoms with Gasteiger partial charge >= 0.3 is 5.97 Å². The highest BCUT2D eigenvalue weighted by molar-refractivity contribution is 5.90. The third kappa shape index (κ3) is 2.65. The lowest BCUT2D eigenvalue weighted by atomic mass is 10.0. The zero-order chi connectivity index (χ0) is 14.0. The fourth-order valence-corrected chi connectivity index (χ4v) is 1.74. The van der Waals surface area contributed by atoms with Gasteiger partial charge in [0.2, 0.25) is 0 Å². The summed E-state index contributed by atoms with van der Waals surface area (Å²) in [6, 6.07) is 8.09. The SMILES string of the molecule is COc1cc(-c2cc(O)cc(C(=O)O)c2)ccc1F. The molecule has 0 saturated heterocycles. The summed E-state index contributed by atoms with van der Waals surface area (Å²) in [7, 11) is 1.34. The molecule has 2 aromatic carbocycles. The predicted octanol–water partition coefficient (Wildman–Crippen LogP) is 2.91. The van der Waals surface area contributed by atoms with Crippen LogP contribution < -0.4 is 4.74 Å². The van der Waals surface area contributed by atoms with Crippen LogP contribution >= 0.6 is 0 Å². The third-order valence-corrected chi connectivity index (χ3v) is 2.65. The highest BCUT2D eigenvalue weighted by Gasteiger charge is 2.10. The molecular weight excluding hydrogens is 251 g/mol. The number of carboxylic acids is 1. The van der Waals surface area contributed by atoms with E-state index in [-0.39, 0.29) is 17.1 Å². The summed E-state index contributed by atoms with van der Waals surface area (Å²) in [5.41, 5.74) is 0.977. The number of methoxy groups -OCH3 is 1. The minimum atomic E-state index is -1.15. The highest BCUT2D eigenvalue weighted by atomic mass is 19.1. The van der Waals surface area contributed by atoms with Gasteiger partial charge in [0.1, 0.15) is 5.75 Å². The maximum Gasteiger partial charge on any atom is 0.335 e. The van der Waals surface area contributed by atoms with Crippen LogP contribution in [0.4, 0.5) is 4.39 Å². The first kappa shape index (κ1) is 12.9. The minimum absolute atomic E-state index is 0.0432. The van der Waals surface area contributed by atoms with Crippen LogP contribution in [0.3, 0.4) is 0 Å². The Bertz CT molecular complexity index is 637. The Hall–Kier alpha value is -2.56. The zero-order valence-corrected chi connectivity index (χ0v) is 10.1. The van der Waals surface area contributed by atoms with Crippen molar-refractivity contribution in [1.82, 2.24) is 0 Å². The maximum atomic E-state index is 13.3. The molecule has 0 aromatic heterocycles. The number of rotatable bonds is 3. The molecule has 2 N–H and O–H groups in total. The molecule has 0 heterocycles. The van der Waals surface area contributed by atoms with Crippen molar-refractivity contribution in [1.29, 1.82) is 0 Å². The smallest absolute Gasteiger partial charge is 0.335 e. The van der Waals surface area contributed by atoms with Crippen molar-refractivity contribution in [3.63, 3.8) is 0 Å². The lowest BCUT2D eigenvalue weighted by molar-refractivity contribution is 0.0696. The summed E-state index contributed by atoms with van der Waals surface area (Å²) in [4.78, 5) is 10.9. The third-order valence-electron chi connectivity index (χ3n) is 2.65. The van der Waals surface area contributed by atoms with Crippen molar-refractivity contribution in [3.05, 3.63) is 47.8 Å². The molecule has 19 heavy (non-hydrogen) atoms. The van der Waals surface area contributed by atoms with Gasteiger partial charge in [0.15, 0.2) is 11.6 Å². The summed E-state index contributed by atoms with van der Waals surface area (Å²) >= 11 is 0. The number of carbonyl (C=O) groups is 1. The van der Waals surface area contributed by atoms with Gasteiger partial charge in [-0.25, -0.2) is 9.18 Å². The van der Waals surface area contributed by atoms with E-state index in [0.717, 1.165) is 6.07 Å². The molecule has 0 aliphatic carbocycles. The Morgan fingerprint density at radius 2 is 1.89 bits per heavy atom. The average Bonchev–Trinajstić information content (AvgIpc) is 2.38. The van der Waals surface area contributed by atoms with Gasteiger partial charge in [-0.3, -0.25) is 0 Å². The van der Waals surface area contributed by atoms with Crippen molar-refractivity contribution < 1.29 is 24.1 Å². The summed E-state index contributed by atoms with van der Waals surface area (Å²) in [6.07, 6.45) is 0. The number of phenols is 1. The molecule has 0 spiro atoms. The number of ether oxygens (including phenoxy) is 1. The van der Waals surface area contributed by atoms with Gasteiger partial charge in [-0.05, 0) is 41.5 Å². The first-order valence-corrected chi connectivity index (χ1v) is 5.42.